The summed E-state index contributed by atoms with van der Waals surface area (Å²) in [6.07, 6.45) is 3.36. The van der Waals surface area contributed by atoms with Crippen LogP contribution in [0.25, 0.3) is 11.3 Å². The molecule has 4 nitrogen and oxygen atoms in total. The number of aromatic carboxylic acids is 1. The maximum absolute atomic E-state index is 11.1. The molecule has 2 N–H and O–H groups in total. The minimum atomic E-state index is -0.922. The average molecular weight is 435 g/mol. The lowest BCUT2D eigenvalue weighted by molar-refractivity contribution is 0.0697. The van der Waals surface area contributed by atoms with E-state index in [0.717, 1.165) is 29.4 Å². The zero-order chi connectivity index (χ0) is 22.4. The molecule has 0 amide bonds. The average Bonchev–Trinajstić information content (AvgIpc) is 3.19. The normalized spacial score (nSPS) is 16.5. The predicted octanol–water partition coefficient (Wildman–Crippen LogP) is 7.16. The van der Waals surface area contributed by atoms with Gasteiger partial charge >= 0.3 is 5.97 Å². The summed E-state index contributed by atoms with van der Waals surface area (Å²) < 4.78 is 0. The van der Waals surface area contributed by atoms with Crippen molar-refractivity contribution in [2.75, 3.05) is 5.32 Å². The Morgan fingerprint density at radius 3 is 2.42 bits per heavy atom. The SMILES string of the molecule is CCc1cc(-c2csc(Nc3ccc(C(=O)O)cc3)n2)c2c(c1)C(C)(C)CCC2(C)C. The summed E-state index contributed by atoms with van der Waals surface area (Å²) in [5.74, 6) is -0.922. The second kappa shape index (κ2) is 7.79. The highest BCUT2D eigenvalue weighted by Crippen LogP contribution is 2.50. The number of fused-ring (bicyclic) bond motifs is 1. The molecule has 1 heterocycles. The first-order chi connectivity index (χ1) is 14.6. The molecule has 1 aliphatic carbocycles. The zero-order valence-corrected chi connectivity index (χ0v) is 19.7. The number of nitrogens with one attached hydrogen (secondary N) is 1. The van der Waals surface area contributed by atoms with Gasteiger partial charge in [0.05, 0.1) is 11.3 Å². The largest absolute Gasteiger partial charge is 0.478 e. The van der Waals surface area contributed by atoms with Crippen molar-refractivity contribution in [1.82, 2.24) is 4.98 Å². The van der Waals surface area contributed by atoms with Gasteiger partial charge in [-0.25, -0.2) is 9.78 Å². The first-order valence-corrected chi connectivity index (χ1v) is 11.7. The molecule has 0 saturated heterocycles. The lowest BCUT2D eigenvalue weighted by atomic mass is 9.61. The van der Waals surface area contributed by atoms with E-state index in [9.17, 15) is 4.79 Å². The fraction of sp³-hybridized carbons (Fsp3) is 0.385. The standard InChI is InChI=1S/C26H30N2O2S/c1-6-16-13-19(22-20(14-16)25(2,3)11-12-26(22,4)5)21-15-31-24(28-21)27-18-9-7-17(8-10-18)23(29)30/h7-10,13-15H,6,11-12H2,1-5H3,(H,27,28)(H,29,30). The molecule has 0 saturated carbocycles. The molecule has 31 heavy (non-hydrogen) atoms. The topological polar surface area (TPSA) is 62.2 Å². The Labute approximate surface area is 188 Å². The third-order valence-electron chi connectivity index (χ3n) is 6.55. The summed E-state index contributed by atoms with van der Waals surface area (Å²) in [5, 5.41) is 15.3. The molecule has 0 radical (unpaired) electrons. The summed E-state index contributed by atoms with van der Waals surface area (Å²) in [6.45, 7) is 11.6. The first kappa shape index (κ1) is 21.6. The van der Waals surface area contributed by atoms with Crippen molar-refractivity contribution in [3.8, 4) is 11.3 Å². The summed E-state index contributed by atoms with van der Waals surface area (Å²) in [6, 6.07) is 11.5. The minimum Gasteiger partial charge on any atom is -0.478 e. The molecule has 1 aromatic heterocycles. The number of aryl methyl sites for hydroxylation is 1. The number of anilines is 2. The maximum atomic E-state index is 11.1. The van der Waals surface area contributed by atoms with E-state index >= 15 is 0 Å². The zero-order valence-electron chi connectivity index (χ0n) is 18.9. The minimum absolute atomic E-state index is 0.107. The van der Waals surface area contributed by atoms with Crippen molar-refractivity contribution in [3.63, 3.8) is 0 Å². The van der Waals surface area contributed by atoms with Gasteiger partial charge in [-0.2, -0.15) is 0 Å². The fourth-order valence-corrected chi connectivity index (χ4v) is 5.26. The third kappa shape index (κ3) is 4.11. The molecule has 1 aliphatic rings. The third-order valence-corrected chi connectivity index (χ3v) is 7.31. The molecule has 4 rings (SSSR count). The van der Waals surface area contributed by atoms with E-state index in [1.807, 2.05) is 0 Å². The van der Waals surface area contributed by atoms with E-state index in [1.165, 1.54) is 28.7 Å². The number of nitrogens with zero attached hydrogens (tertiary/aromatic N) is 1. The number of hydrogen-bond donors (Lipinski definition) is 2. The Kier molecular flexibility index (Phi) is 5.42. The molecule has 0 bridgehead atoms. The molecule has 0 fully saturated rings. The number of carboxylic acids is 1. The van der Waals surface area contributed by atoms with Crippen LogP contribution in [0.1, 0.15) is 74.5 Å². The maximum Gasteiger partial charge on any atom is 0.335 e. The lowest BCUT2D eigenvalue weighted by Crippen LogP contribution is -2.34. The van der Waals surface area contributed by atoms with Crippen molar-refractivity contribution in [3.05, 3.63) is 64.0 Å². The van der Waals surface area contributed by atoms with Crippen LogP contribution in [0.2, 0.25) is 0 Å². The van der Waals surface area contributed by atoms with E-state index in [1.54, 1.807) is 35.6 Å². The van der Waals surface area contributed by atoms with Crippen LogP contribution in [-0.2, 0) is 17.3 Å². The number of carbonyl (C=O) groups is 1. The monoisotopic (exact) mass is 434 g/mol. The number of hydrogen-bond acceptors (Lipinski definition) is 4. The van der Waals surface area contributed by atoms with Crippen LogP contribution in [0.4, 0.5) is 10.8 Å². The number of rotatable bonds is 5. The first-order valence-electron chi connectivity index (χ1n) is 10.8. The number of benzene rings is 2. The molecular formula is C26H30N2O2S. The Hall–Kier alpha value is -2.66. The van der Waals surface area contributed by atoms with Crippen molar-refractivity contribution in [2.45, 2.75) is 64.7 Å². The highest BCUT2D eigenvalue weighted by molar-refractivity contribution is 7.14. The number of carboxylic acid groups (broad SMARTS) is 1. The van der Waals surface area contributed by atoms with Crippen molar-refractivity contribution in [1.29, 1.82) is 0 Å². The molecule has 0 unspecified atom stereocenters. The van der Waals surface area contributed by atoms with E-state index in [0.29, 0.717) is 0 Å². The molecule has 0 aliphatic heterocycles. The van der Waals surface area contributed by atoms with Gasteiger partial charge in [-0.3, -0.25) is 0 Å². The fourth-order valence-electron chi connectivity index (χ4n) is 4.53. The smallest absolute Gasteiger partial charge is 0.335 e. The molecule has 0 atom stereocenters. The van der Waals surface area contributed by atoms with Gasteiger partial charge in [0.1, 0.15) is 0 Å². The van der Waals surface area contributed by atoms with E-state index in [2.05, 4.69) is 57.4 Å². The summed E-state index contributed by atoms with van der Waals surface area (Å²) >= 11 is 1.58. The van der Waals surface area contributed by atoms with Crippen LogP contribution in [0.3, 0.4) is 0 Å². The highest BCUT2D eigenvalue weighted by Gasteiger charge is 2.39. The Morgan fingerprint density at radius 2 is 1.77 bits per heavy atom. The lowest BCUT2D eigenvalue weighted by Gasteiger charge is -2.43. The van der Waals surface area contributed by atoms with Crippen molar-refractivity contribution in [2.24, 2.45) is 0 Å². The van der Waals surface area contributed by atoms with Crippen LogP contribution >= 0.6 is 11.3 Å². The van der Waals surface area contributed by atoms with Gasteiger partial charge in [0.15, 0.2) is 5.13 Å². The van der Waals surface area contributed by atoms with E-state index < -0.39 is 5.97 Å². The van der Waals surface area contributed by atoms with Crippen LogP contribution < -0.4 is 5.32 Å². The van der Waals surface area contributed by atoms with E-state index in [4.69, 9.17) is 10.1 Å². The molecule has 162 valence electrons. The van der Waals surface area contributed by atoms with Gasteiger partial charge in [0, 0.05) is 16.6 Å². The predicted molar refractivity (Wildman–Crippen MR) is 129 cm³/mol. The van der Waals surface area contributed by atoms with Crippen LogP contribution in [-0.4, -0.2) is 16.1 Å². The highest BCUT2D eigenvalue weighted by atomic mass is 32.1. The van der Waals surface area contributed by atoms with E-state index in [-0.39, 0.29) is 16.4 Å². The van der Waals surface area contributed by atoms with Gasteiger partial charge < -0.3 is 10.4 Å². The van der Waals surface area contributed by atoms with Crippen LogP contribution in [0, 0.1) is 0 Å². The quantitative estimate of drug-likeness (QED) is 0.447. The number of thiazole rings is 1. The van der Waals surface area contributed by atoms with Crippen LogP contribution in [0.15, 0.2) is 41.8 Å². The number of aromatic nitrogens is 1. The van der Waals surface area contributed by atoms with Crippen LogP contribution in [0.5, 0.6) is 0 Å². The summed E-state index contributed by atoms with van der Waals surface area (Å²) in [5.41, 5.74) is 7.88. The Balaban J connectivity index is 1.74. The van der Waals surface area contributed by atoms with Gasteiger partial charge in [-0.1, -0.05) is 40.7 Å². The van der Waals surface area contributed by atoms with Crippen molar-refractivity contribution >= 4 is 28.1 Å². The second-order valence-electron chi connectivity index (χ2n) is 9.73. The van der Waals surface area contributed by atoms with Gasteiger partial charge in [-0.05, 0) is 77.1 Å². The Morgan fingerprint density at radius 1 is 1.10 bits per heavy atom. The summed E-state index contributed by atoms with van der Waals surface area (Å²) in [7, 11) is 0. The van der Waals surface area contributed by atoms with Crippen molar-refractivity contribution < 1.29 is 9.90 Å². The van der Waals surface area contributed by atoms with Gasteiger partial charge in [0.25, 0.3) is 0 Å². The molecule has 0 spiro atoms. The second-order valence-corrected chi connectivity index (χ2v) is 10.6. The molecule has 3 aromatic rings. The Bertz CT molecular complexity index is 1130. The summed E-state index contributed by atoms with van der Waals surface area (Å²) in [4.78, 5) is 16.0. The van der Waals surface area contributed by atoms with Gasteiger partial charge in [0.2, 0.25) is 0 Å². The van der Waals surface area contributed by atoms with Gasteiger partial charge in [-0.15, -0.1) is 11.3 Å². The molecule has 2 aromatic carbocycles. The molecular weight excluding hydrogens is 404 g/mol. The molecule has 5 heteroatoms.